The van der Waals surface area contributed by atoms with Crippen LogP contribution in [-0.2, 0) is 7.05 Å². The minimum atomic E-state index is 0.429. The van der Waals surface area contributed by atoms with Gasteiger partial charge in [0, 0.05) is 7.05 Å². The van der Waals surface area contributed by atoms with Gasteiger partial charge in [-0.3, -0.25) is 0 Å². The van der Waals surface area contributed by atoms with Crippen LogP contribution in [0.4, 0.5) is 5.69 Å². The van der Waals surface area contributed by atoms with Crippen LogP contribution in [0.25, 0.3) is 0 Å². The Bertz CT molecular complexity index is 508. The molecule has 0 amide bonds. The molecule has 18 heavy (non-hydrogen) atoms. The molecule has 0 saturated heterocycles. The molecule has 0 radical (unpaired) electrons. The molecular formula is C13H17N3O2. The summed E-state index contributed by atoms with van der Waals surface area (Å²) in [7, 11) is 1.80. The number of hydrogen-bond acceptors (Lipinski definition) is 4. The fourth-order valence-corrected chi connectivity index (χ4v) is 1.64. The van der Waals surface area contributed by atoms with Crippen molar-refractivity contribution in [3.63, 3.8) is 0 Å². The number of aromatic nitrogens is 2. The Hall–Kier alpha value is -2.17. The standard InChI is InChI=1S/C13H17N3O2/c1-10-12(14)13(16(2)15-10)18-9-8-17-11-6-4-3-5-7-11/h3-7H,8-9,14H2,1-2H3. The first kappa shape index (κ1) is 12.3. The summed E-state index contributed by atoms with van der Waals surface area (Å²) in [5, 5.41) is 4.17. The lowest BCUT2D eigenvalue weighted by Gasteiger charge is -2.08. The van der Waals surface area contributed by atoms with Gasteiger partial charge in [0.05, 0.1) is 5.69 Å². The average molecular weight is 247 g/mol. The van der Waals surface area contributed by atoms with Gasteiger partial charge in [0.2, 0.25) is 5.88 Å². The quantitative estimate of drug-likeness (QED) is 0.818. The summed E-state index contributed by atoms with van der Waals surface area (Å²) in [6.07, 6.45) is 0. The summed E-state index contributed by atoms with van der Waals surface area (Å²) < 4.78 is 12.7. The van der Waals surface area contributed by atoms with Crippen LogP contribution in [0.5, 0.6) is 11.6 Å². The Morgan fingerprint density at radius 3 is 2.44 bits per heavy atom. The van der Waals surface area contributed by atoms with Crippen molar-refractivity contribution >= 4 is 5.69 Å². The first-order chi connectivity index (χ1) is 8.68. The van der Waals surface area contributed by atoms with Gasteiger partial charge < -0.3 is 15.2 Å². The first-order valence-electron chi connectivity index (χ1n) is 5.78. The summed E-state index contributed by atoms with van der Waals surface area (Å²) in [6, 6.07) is 9.62. The van der Waals surface area contributed by atoms with Crippen LogP contribution in [-0.4, -0.2) is 23.0 Å². The van der Waals surface area contributed by atoms with E-state index in [9.17, 15) is 0 Å². The van der Waals surface area contributed by atoms with E-state index in [0.29, 0.717) is 24.8 Å². The van der Waals surface area contributed by atoms with Crippen molar-refractivity contribution < 1.29 is 9.47 Å². The van der Waals surface area contributed by atoms with Gasteiger partial charge in [0.1, 0.15) is 24.7 Å². The van der Waals surface area contributed by atoms with Crippen LogP contribution in [0.3, 0.4) is 0 Å². The molecule has 0 aliphatic heterocycles. The number of nitrogens with two attached hydrogens (primary N) is 1. The molecule has 2 N–H and O–H groups in total. The highest BCUT2D eigenvalue weighted by molar-refractivity contribution is 5.52. The summed E-state index contributed by atoms with van der Waals surface area (Å²) in [4.78, 5) is 0. The third-order valence-corrected chi connectivity index (χ3v) is 2.55. The van der Waals surface area contributed by atoms with E-state index in [4.69, 9.17) is 15.2 Å². The predicted molar refractivity (Wildman–Crippen MR) is 69.8 cm³/mol. The maximum atomic E-state index is 5.85. The molecule has 1 aromatic carbocycles. The highest BCUT2D eigenvalue weighted by atomic mass is 16.5. The highest BCUT2D eigenvalue weighted by Gasteiger charge is 2.10. The zero-order valence-corrected chi connectivity index (χ0v) is 10.6. The highest BCUT2D eigenvalue weighted by Crippen LogP contribution is 2.23. The van der Waals surface area contributed by atoms with E-state index in [2.05, 4.69) is 5.10 Å². The molecule has 0 atom stereocenters. The third kappa shape index (κ3) is 2.74. The predicted octanol–water partition coefficient (Wildman–Crippen LogP) is 1.77. The second kappa shape index (κ2) is 5.44. The van der Waals surface area contributed by atoms with Crippen molar-refractivity contribution in [2.24, 2.45) is 7.05 Å². The van der Waals surface area contributed by atoms with Crippen molar-refractivity contribution in [2.45, 2.75) is 6.92 Å². The number of ether oxygens (including phenoxy) is 2. The number of hydrogen-bond donors (Lipinski definition) is 1. The molecule has 5 heteroatoms. The molecule has 1 aromatic heterocycles. The fourth-order valence-electron chi connectivity index (χ4n) is 1.64. The number of nitrogens with zero attached hydrogens (tertiary/aromatic N) is 2. The van der Waals surface area contributed by atoms with Gasteiger partial charge in [-0.25, -0.2) is 4.68 Å². The zero-order chi connectivity index (χ0) is 13.0. The molecule has 0 spiro atoms. The number of nitrogen functional groups attached to an aromatic ring is 1. The molecule has 1 heterocycles. The molecule has 5 nitrogen and oxygen atoms in total. The number of aryl methyl sites for hydroxylation is 2. The maximum absolute atomic E-state index is 5.85. The van der Waals surface area contributed by atoms with Crippen molar-refractivity contribution in [3.05, 3.63) is 36.0 Å². The van der Waals surface area contributed by atoms with E-state index < -0.39 is 0 Å². The lowest BCUT2D eigenvalue weighted by Crippen LogP contribution is -2.11. The van der Waals surface area contributed by atoms with Crippen LogP contribution >= 0.6 is 0 Å². The van der Waals surface area contributed by atoms with Gasteiger partial charge >= 0.3 is 0 Å². The van der Waals surface area contributed by atoms with Crippen molar-refractivity contribution in [3.8, 4) is 11.6 Å². The smallest absolute Gasteiger partial charge is 0.235 e. The van der Waals surface area contributed by atoms with Crippen molar-refractivity contribution in [1.82, 2.24) is 9.78 Å². The number of benzene rings is 1. The molecule has 96 valence electrons. The van der Waals surface area contributed by atoms with E-state index in [0.717, 1.165) is 11.4 Å². The largest absolute Gasteiger partial charge is 0.490 e. The molecule has 0 saturated carbocycles. The molecule has 2 rings (SSSR count). The number of anilines is 1. The molecular weight excluding hydrogens is 230 g/mol. The Morgan fingerprint density at radius 1 is 1.17 bits per heavy atom. The minimum absolute atomic E-state index is 0.429. The maximum Gasteiger partial charge on any atom is 0.235 e. The molecule has 0 aliphatic rings. The van der Waals surface area contributed by atoms with Crippen molar-refractivity contribution in [1.29, 1.82) is 0 Å². The summed E-state index contributed by atoms with van der Waals surface area (Å²) >= 11 is 0. The van der Waals surface area contributed by atoms with Gasteiger partial charge in [-0.05, 0) is 19.1 Å². The van der Waals surface area contributed by atoms with Crippen LogP contribution in [0, 0.1) is 6.92 Å². The molecule has 0 unspecified atom stereocenters. The first-order valence-corrected chi connectivity index (χ1v) is 5.78. The Morgan fingerprint density at radius 2 is 1.83 bits per heavy atom. The molecule has 0 bridgehead atoms. The Balaban J connectivity index is 1.82. The zero-order valence-electron chi connectivity index (χ0n) is 10.6. The third-order valence-electron chi connectivity index (χ3n) is 2.55. The monoisotopic (exact) mass is 247 g/mol. The second-order valence-corrected chi connectivity index (χ2v) is 3.94. The van der Waals surface area contributed by atoms with E-state index >= 15 is 0 Å². The lowest BCUT2D eigenvalue weighted by molar-refractivity contribution is 0.207. The van der Waals surface area contributed by atoms with Crippen LogP contribution in [0.2, 0.25) is 0 Å². The number of rotatable bonds is 5. The van der Waals surface area contributed by atoms with E-state index in [1.165, 1.54) is 0 Å². The summed E-state index contributed by atoms with van der Waals surface area (Å²) in [5.41, 5.74) is 7.20. The lowest BCUT2D eigenvalue weighted by atomic mass is 10.3. The average Bonchev–Trinajstić information content (AvgIpc) is 2.61. The van der Waals surface area contributed by atoms with Gasteiger partial charge in [-0.1, -0.05) is 18.2 Å². The molecule has 0 aliphatic carbocycles. The van der Waals surface area contributed by atoms with E-state index in [1.54, 1.807) is 11.7 Å². The SMILES string of the molecule is Cc1nn(C)c(OCCOc2ccccc2)c1N. The van der Waals surface area contributed by atoms with Gasteiger partial charge in [-0.2, -0.15) is 5.10 Å². The fraction of sp³-hybridized carbons (Fsp3) is 0.308. The van der Waals surface area contributed by atoms with Gasteiger partial charge in [0.25, 0.3) is 0 Å². The van der Waals surface area contributed by atoms with E-state index in [1.807, 2.05) is 37.3 Å². The Kier molecular flexibility index (Phi) is 3.72. The second-order valence-electron chi connectivity index (χ2n) is 3.94. The molecule has 0 fully saturated rings. The topological polar surface area (TPSA) is 62.3 Å². The Labute approximate surface area is 106 Å². The van der Waals surface area contributed by atoms with E-state index in [-0.39, 0.29) is 0 Å². The summed E-state index contributed by atoms with van der Waals surface area (Å²) in [6.45, 7) is 2.74. The van der Waals surface area contributed by atoms with Crippen LogP contribution < -0.4 is 15.2 Å². The summed E-state index contributed by atoms with van der Waals surface area (Å²) in [5.74, 6) is 1.42. The van der Waals surface area contributed by atoms with Gasteiger partial charge in [0.15, 0.2) is 0 Å². The van der Waals surface area contributed by atoms with Gasteiger partial charge in [-0.15, -0.1) is 0 Å². The van der Waals surface area contributed by atoms with Crippen LogP contribution in [0.15, 0.2) is 30.3 Å². The normalized spacial score (nSPS) is 10.3. The number of para-hydroxylation sites is 1. The minimum Gasteiger partial charge on any atom is -0.490 e. The molecule has 2 aromatic rings. The van der Waals surface area contributed by atoms with Crippen molar-refractivity contribution in [2.75, 3.05) is 18.9 Å². The van der Waals surface area contributed by atoms with Crippen LogP contribution in [0.1, 0.15) is 5.69 Å².